The average Bonchev–Trinajstić information content (AvgIpc) is 2.52. The van der Waals surface area contributed by atoms with Crippen molar-refractivity contribution in [2.45, 2.75) is 25.8 Å². The third-order valence-electron chi connectivity index (χ3n) is 4.27. The molecule has 2 unspecified atom stereocenters. The first-order valence-corrected chi connectivity index (χ1v) is 9.41. The Hall–Kier alpha value is -1.89. The predicted molar refractivity (Wildman–Crippen MR) is 85.5 cm³/mol. The van der Waals surface area contributed by atoms with E-state index in [1.807, 2.05) is 6.07 Å². The zero-order chi connectivity index (χ0) is 17.0. The molecule has 2 atom stereocenters. The highest BCUT2D eigenvalue weighted by atomic mass is 32.2. The van der Waals surface area contributed by atoms with Crippen molar-refractivity contribution in [2.24, 2.45) is 11.8 Å². The van der Waals surface area contributed by atoms with E-state index < -0.39 is 27.8 Å². The first-order valence-electron chi connectivity index (χ1n) is 7.59. The van der Waals surface area contributed by atoms with Gasteiger partial charge in [-0.25, -0.2) is 8.42 Å². The number of amides is 1. The number of carbonyl (C=O) groups is 2. The fourth-order valence-electron chi connectivity index (χ4n) is 2.72. The summed E-state index contributed by atoms with van der Waals surface area (Å²) in [5.74, 6) is -2.42. The summed E-state index contributed by atoms with van der Waals surface area (Å²) < 4.78 is 22.9. The van der Waals surface area contributed by atoms with Gasteiger partial charge in [0.2, 0.25) is 5.91 Å². The predicted octanol–water partition coefficient (Wildman–Crippen LogP) is 1.39. The highest BCUT2D eigenvalue weighted by Gasteiger charge is 2.32. The molecule has 2 rings (SSSR count). The van der Waals surface area contributed by atoms with Crippen LogP contribution in [0.15, 0.2) is 30.3 Å². The van der Waals surface area contributed by atoms with Gasteiger partial charge >= 0.3 is 5.97 Å². The van der Waals surface area contributed by atoms with Crippen LogP contribution >= 0.6 is 0 Å². The van der Waals surface area contributed by atoms with Crippen molar-refractivity contribution in [1.29, 1.82) is 0 Å². The van der Waals surface area contributed by atoms with Crippen LogP contribution in [0.25, 0.3) is 0 Å². The van der Waals surface area contributed by atoms with Crippen LogP contribution in [-0.2, 0) is 19.4 Å². The average molecular weight is 339 g/mol. The lowest BCUT2D eigenvalue weighted by Gasteiger charge is -2.27. The molecule has 0 saturated carbocycles. The van der Waals surface area contributed by atoms with Crippen LogP contribution in [0.3, 0.4) is 0 Å². The van der Waals surface area contributed by atoms with E-state index in [0.717, 1.165) is 5.56 Å². The standard InChI is InChI=1S/C16H21NO5S/c1-11(16(19)20)14(12-5-3-2-4-6-12)17-15(18)13-7-9-23(21,22)10-8-13/h2-6,11,13-14H,7-10H2,1H3,(H,17,18)(H,19,20). The molecule has 23 heavy (non-hydrogen) atoms. The molecule has 1 amide bonds. The summed E-state index contributed by atoms with van der Waals surface area (Å²) in [5.41, 5.74) is 0.721. The van der Waals surface area contributed by atoms with Crippen molar-refractivity contribution in [2.75, 3.05) is 11.5 Å². The van der Waals surface area contributed by atoms with Gasteiger partial charge in [0.15, 0.2) is 0 Å². The van der Waals surface area contributed by atoms with Gasteiger partial charge in [0.1, 0.15) is 9.84 Å². The van der Waals surface area contributed by atoms with Gasteiger partial charge in [0.05, 0.1) is 23.5 Å². The minimum Gasteiger partial charge on any atom is -0.481 e. The molecule has 7 heteroatoms. The Morgan fingerprint density at radius 1 is 1.17 bits per heavy atom. The van der Waals surface area contributed by atoms with Crippen LogP contribution in [-0.4, -0.2) is 36.9 Å². The van der Waals surface area contributed by atoms with Crippen LogP contribution in [0.1, 0.15) is 31.4 Å². The number of carboxylic acid groups (broad SMARTS) is 1. The molecular formula is C16H21NO5S. The van der Waals surface area contributed by atoms with Gasteiger partial charge in [-0.05, 0) is 25.3 Å². The van der Waals surface area contributed by atoms with Crippen LogP contribution < -0.4 is 5.32 Å². The normalized spacial score (nSPS) is 20.4. The minimum absolute atomic E-state index is 0.00950. The molecule has 126 valence electrons. The number of nitrogens with one attached hydrogen (secondary N) is 1. The zero-order valence-electron chi connectivity index (χ0n) is 12.9. The third-order valence-corrected chi connectivity index (χ3v) is 5.99. The Labute approximate surface area is 135 Å². The maximum atomic E-state index is 12.4. The molecular weight excluding hydrogens is 318 g/mol. The maximum absolute atomic E-state index is 12.4. The SMILES string of the molecule is CC(C(=O)O)C(NC(=O)C1CCS(=O)(=O)CC1)c1ccccc1. The lowest BCUT2D eigenvalue weighted by atomic mass is 9.93. The van der Waals surface area contributed by atoms with Crippen LogP contribution in [0.4, 0.5) is 0 Å². The third kappa shape index (κ3) is 4.54. The van der Waals surface area contributed by atoms with Crippen molar-refractivity contribution in [1.82, 2.24) is 5.32 Å². The van der Waals surface area contributed by atoms with Crippen molar-refractivity contribution in [3.05, 3.63) is 35.9 Å². The molecule has 0 bridgehead atoms. The molecule has 1 aliphatic rings. The fraction of sp³-hybridized carbons (Fsp3) is 0.500. The van der Waals surface area contributed by atoms with E-state index in [4.69, 9.17) is 0 Å². The highest BCUT2D eigenvalue weighted by Crippen LogP contribution is 2.25. The smallest absolute Gasteiger partial charge is 0.308 e. The molecule has 2 N–H and O–H groups in total. The number of benzene rings is 1. The zero-order valence-corrected chi connectivity index (χ0v) is 13.8. The lowest BCUT2D eigenvalue weighted by molar-refractivity contribution is -0.142. The van der Waals surface area contributed by atoms with Crippen molar-refractivity contribution in [3.8, 4) is 0 Å². The van der Waals surface area contributed by atoms with Gasteiger partial charge in [-0.1, -0.05) is 30.3 Å². The monoisotopic (exact) mass is 339 g/mol. The molecule has 0 radical (unpaired) electrons. The van der Waals surface area contributed by atoms with E-state index in [-0.39, 0.29) is 36.2 Å². The number of rotatable bonds is 5. The molecule has 0 aliphatic carbocycles. The maximum Gasteiger partial charge on any atom is 0.308 e. The molecule has 0 aromatic heterocycles. The Morgan fingerprint density at radius 2 is 1.74 bits per heavy atom. The summed E-state index contributed by atoms with van der Waals surface area (Å²) in [7, 11) is -3.03. The molecule has 1 aromatic rings. The van der Waals surface area contributed by atoms with E-state index in [1.54, 1.807) is 31.2 Å². The number of hydrogen-bond donors (Lipinski definition) is 2. The Bertz CT molecular complexity index is 657. The second-order valence-corrected chi connectivity index (χ2v) is 8.25. The number of carboxylic acids is 1. The van der Waals surface area contributed by atoms with Crippen molar-refractivity contribution >= 4 is 21.7 Å². The van der Waals surface area contributed by atoms with Gasteiger partial charge < -0.3 is 10.4 Å². The van der Waals surface area contributed by atoms with Crippen molar-refractivity contribution in [3.63, 3.8) is 0 Å². The summed E-state index contributed by atoms with van der Waals surface area (Å²) >= 11 is 0. The van der Waals surface area contributed by atoms with E-state index >= 15 is 0 Å². The summed E-state index contributed by atoms with van der Waals surface area (Å²) in [5, 5.41) is 12.1. The summed E-state index contributed by atoms with van der Waals surface area (Å²) in [6, 6.07) is 8.30. The lowest BCUT2D eigenvalue weighted by Crippen LogP contribution is -2.41. The first kappa shape index (κ1) is 17.5. The van der Waals surface area contributed by atoms with E-state index in [1.165, 1.54) is 0 Å². The fourth-order valence-corrected chi connectivity index (χ4v) is 4.21. The van der Waals surface area contributed by atoms with Gasteiger partial charge in [-0.3, -0.25) is 9.59 Å². The van der Waals surface area contributed by atoms with E-state index in [9.17, 15) is 23.1 Å². The first-order chi connectivity index (χ1) is 10.8. The Balaban J connectivity index is 2.12. The topological polar surface area (TPSA) is 101 Å². The number of carbonyl (C=O) groups excluding carboxylic acids is 1. The largest absolute Gasteiger partial charge is 0.481 e. The Morgan fingerprint density at radius 3 is 2.26 bits per heavy atom. The summed E-state index contributed by atoms with van der Waals surface area (Å²) in [6.07, 6.45) is 0.578. The van der Waals surface area contributed by atoms with Gasteiger partial charge in [-0.2, -0.15) is 0 Å². The number of aliphatic carboxylic acids is 1. The summed E-state index contributed by atoms with van der Waals surface area (Å²) in [6.45, 7) is 1.55. The molecule has 6 nitrogen and oxygen atoms in total. The van der Waals surface area contributed by atoms with Crippen LogP contribution in [0.2, 0.25) is 0 Å². The van der Waals surface area contributed by atoms with Gasteiger partial charge in [0.25, 0.3) is 0 Å². The van der Waals surface area contributed by atoms with Gasteiger partial charge in [-0.15, -0.1) is 0 Å². The highest BCUT2D eigenvalue weighted by molar-refractivity contribution is 7.91. The molecule has 1 aliphatic heterocycles. The quantitative estimate of drug-likeness (QED) is 0.844. The van der Waals surface area contributed by atoms with Crippen molar-refractivity contribution < 1.29 is 23.1 Å². The molecule has 1 saturated heterocycles. The summed E-state index contributed by atoms with van der Waals surface area (Å²) in [4.78, 5) is 23.7. The molecule has 0 spiro atoms. The molecule has 1 aromatic carbocycles. The van der Waals surface area contributed by atoms with Crippen LogP contribution in [0.5, 0.6) is 0 Å². The molecule has 1 fully saturated rings. The molecule has 1 heterocycles. The van der Waals surface area contributed by atoms with Crippen LogP contribution in [0, 0.1) is 11.8 Å². The number of hydrogen-bond acceptors (Lipinski definition) is 4. The number of sulfone groups is 1. The van der Waals surface area contributed by atoms with E-state index in [2.05, 4.69) is 5.32 Å². The second-order valence-electron chi connectivity index (χ2n) is 5.95. The van der Waals surface area contributed by atoms with E-state index in [0.29, 0.717) is 0 Å². The van der Waals surface area contributed by atoms with Gasteiger partial charge in [0, 0.05) is 5.92 Å². The second kappa shape index (κ2) is 7.12. The minimum atomic E-state index is -3.03. The Kier molecular flexibility index (Phi) is 5.41.